The highest BCUT2D eigenvalue weighted by Gasteiger charge is 2.11. The number of aryl methyl sites for hydroxylation is 1. The minimum Gasteiger partial charge on any atom is -0.144 e. The molecule has 0 N–H and O–H groups in total. The van der Waals surface area contributed by atoms with E-state index in [-0.39, 0.29) is 0 Å². The molecule has 0 aliphatic rings. The van der Waals surface area contributed by atoms with Gasteiger partial charge in [0.2, 0.25) is 0 Å². The number of alkyl halides is 1. The molecule has 1 atom stereocenters. The normalized spacial score (nSPS) is 13.5. The van der Waals surface area contributed by atoms with Crippen molar-refractivity contribution in [3.05, 3.63) is 10.0 Å². The summed E-state index contributed by atoms with van der Waals surface area (Å²) in [5.41, 5.74) is 0. The van der Waals surface area contributed by atoms with E-state index in [2.05, 4.69) is 46.9 Å². The predicted octanol–water partition coefficient (Wildman–Crippen LogP) is 3.97. The zero-order valence-electron chi connectivity index (χ0n) is 8.96. The zero-order chi connectivity index (χ0) is 10.6. The molecule has 0 fully saturated rings. The standard InChI is InChI=1S/C10H17BrN2S/c1-4-8(11)10-13-12-9(14-10)6-5-7(2)3/h7-8H,4-6H2,1-3H3. The van der Waals surface area contributed by atoms with Crippen LogP contribution in [0.5, 0.6) is 0 Å². The van der Waals surface area contributed by atoms with Crippen molar-refractivity contribution in [3.63, 3.8) is 0 Å². The Morgan fingerprint density at radius 3 is 2.64 bits per heavy atom. The highest BCUT2D eigenvalue weighted by molar-refractivity contribution is 9.09. The molecule has 0 bridgehead atoms. The molecule has 1 aromatic heterocycles. The van der Waals surface area contributed by atoms with Gasteiger partial charge in [-0.05, 0) is 18.8 Å². The summed E-state index contributed by atoms with van der Waals surface area (Å²) >= 11 is 5.32. The van der Waals surface area contributed by atoms with E-state index in [1.54, 1.807) is 11.3 Å². The maximum absolute atomic E-state index is 4.20. The van der Waals surface area contributed by atoms with Crippen LogP contribution in [0.25, 0.3) is 0 Å². The van der Waals surface area contributed by atoms with Gasteiger partial charge in [0, 0.05) is 6.42 Å². The van der Waals surface area contributed by atoms with Crippen LogP contribution in [0.4, 0.5) is 0 Å². The molecule has 0 saturated carbocycles. The molecule has 2 nitrogen and oxygen atoms in total. The van der Waals surface area contributed by atoms with Crippen LogP contribution in [-0.2, 0) is 6.42 Å². The second kappa shape index (κ2) is 5.81. The topological polar surface area (TPSA) is 25.8 Å². The summed E-state index contributed by atoms with van der Waals surface area (Å²) in [5, 5.41) is 10.7. The van der Waals surface area contributed by atoms with Gasteiger partial charge < -0.3 is 0 Å². The fourth-order valence-electron chi connectivity index (χ4n) is 1.08. The maximum atomic E-state index is 4.20. The Morgan fingerprint density at radius 2 is 2.07 bits per heavy atom. The van der Waals surface area contributed by atoms with Gasteiger partial charge in [-0.15, -0.1) is 21.5 Å². The number of halogens is 1. The number of nitrogens with zero attached hydrogens (tertiary/aromatic N) is 2. The molecule has 1 unspecified atom stereocenters. The Morgan fingerprint density at radius 1 is 1.36 bits per heavy atom. The molecule has 14 heavy (non-hydrogen) atoms. The maximum Gasteiger partial charge on any atom is 0.131 e. The van der Waals surface area contributed by atoms with Crippen molar-refractivity contribution < 1.29 is 0 Å². The van der Waals surface area contributed by atoms with Gasteiger partial charge in [-0.2, -0.15) is 0 Å². The molecule has 4 heteroatoms. The molecule has 0 radical (unpaired) electrons. The number of hydrogen-bond acceptors (Lipinski definition) is 3. The summed E-state index contributed by atoms with van der Waals surface area (Å²) in [6.45, 7) is 6.62. The molecule has 1 aromatic rings. The van der Waals surface area contributed by atoms with Gasteiger partial charge >= 0.3 is 0 Å². The first-order valence-corrected chi connectivity index (χ1v) is 6.83. The lowest BCUT2D eigenvalue weighted by Crippen LogP contribution is -1.91. The predicted molar refractivity (Wildman–Crippen MR) is 65.0 cm³/mol. The number of rotatable bonds is 5. The Labute approximate surface area is 98.3 Å². The summed E-state index contributed by atoms with van der Waals surface area (Å²) in [7, 11) is 0. The first-order valence-electron chi connectivity index (χ1n) is 5.09. The third-order valence-corrected chi connectivity index (χ3v) is 4.53. The number of aromatic nitrogens is 2. The Hall–Kier alpha value is 0.0400. The molecular formula is C10H17BrN2S. The van der Waals surface area contributed by atoms with E-state index >= 15 is 0 Å². The molecule has 0 aliphatic heterocycles. The summed E-state index contributed by atoms with van der Waals surface area (Å²) in [5.74, 6) is 0.744. The summed E-state index contributed by atoms with van der Waals surface area (Å²) in [4.78, 5) is 0.382. The Bertz CT molecular complexity index is 273. The van der Waals surface area contributed by atoms with Crippen LogP contribution in [0.3, 0.4) is 0 Å². The van der Waals surface area contributed by atoms with E-state index in [0.717, 1.165) is 23.8 Å². The molecule has 1 rings (SSSR count). The molecule has 0 saturated heterocycles. The van der Waals surface area contributed by atoms with Crippen molar-refractivity contribution in [1.82, 2.24) is 10.2 Å². The second-order valence-corrected chi connectivity index (χ2v) is 6.04. The van der Waals surface area contributed by atoms with Crippen molar-refractivity contribution >= 4 is 27.3 Å². The van der Waals surface area contributed by atoms with Gasteiger partial charge in [-0.1, -0.05) is 36.7 Å². The second-order valence-electron chi connectivity index (χ2n) is 3.84. The van der Waals surface area contributed by atoms with Gasteiger partial charge in [-0.25, -0.2) is 0 Å². The first-order chi connectivity index (χ1) is 6.63. The van der Waals surface area contributed by atoms with Gasteiger partial charge in [0.05, 0.1) is 4.83 Å². The van der Waals surface area contributed by atoms with E-state index in [0.29, 0.717) is 4.83 Å². The van der Waals surface area contributed by atoms with Crippen LogP contribution in [0.1, 0.15) is 48.5 Å². The largest absolute Gasteiger partial charge is 0.144 e. The molecule has 0 aromatic carbocycles. The van der Waals surface area contributed by atoms with Crippen molar-refractivity contribution in [2.24, 2.45) is 5.92 Å². The van der Waals surface area contributed by atoms with E-state index in [4.69, 9.17) is 0 Å². The Balaban J connectivity index is 2.50. The third kappa shape index (κ3) is 3.65. The lowest BCUT2D eigenvalue weighted by molar-refractivity contribution is 0.583. The molecule has 0 spiro atoms. The number of hydrogen-bond donors (Lipinski definition) is 0. The van der Waals surface area contributed by atoms with Gasteiger partial charge in [0.25, 0.3) is 0 Å². The SMILES string of the molecule is CCC(Br)c1nnc(CCC(C)C)s1. The van der Waals surface area contributed by atoms with E-state index < -0.39 is 0 Å². The zero-order valence-corrected chi connectivity index (χ0v) is 11.4. The van der Waals surface area contributed by atoms with Crippen molar-refractivity contribution in [2.75, 3.05) is 0 Å². The smallest absolute Gasteiger partial charge is 0.131 e. The first kappa shape index (κ1) is 12.1. The van der Waals surface area contributed by atoms with Crippen LogP contribution >= 0.6 is 27.3 Å². The average molecular weight is 277 g/mol. The third-order valence-electron chi connectivity index (χ3n) is 2.04. The molecule has 0 aliphatic carbocycles. The minimum atomic E-state index is 0.382. The van der Waals surface area contributed by atoms with Crippen LogP contribution in [0.15, 0.2) is 0 Å². The van der Waals surface area contributed by atoms with E-state index in [9.17, 15) is 0 Å². The summed E-state index contributed by atoms with van der Waals surface area (Å²) in [6.07, 6.45) is 3.34. The monoisotopic (exact) mass is 276 g/mol. The van der Waals surface area contributed by atoms with Gasteiger partial charge in [0.1, 0.15) is 10.0 Å². The average Bonchev–Trinajstić information content (AvgIpc) is 2.62. The summed E-state index contributed by atoms with van der Waals surface area (Å²) < 4.78 is 0. The van der Waals surface area contributed by atoms with E-state index in [1.165, 1.54) is 11.4 Å². The molecule has 80 valence electrons. The van der Waals surface area contributed by atoms with Gasteiger partial charge in [0.15, 0.2) is 0 Å². The van der Waals surface area contributed by atoms with Crippen LogP contribution in [0, 0.1) is 5.92 Å². The van der Waals surface area contributed by atoms with E-state index in [1.807, 2.05) is 0 Å². The summed E-state index contributed by atoms with van der Waals surface area (Å²) in [6, 6.07) is 0. The molecule has 0 amide bonds. The quantitative estimate of drug-likeness (QED) is 0.761. The van der Waals surface area contributed by atoms with Gasteiger partial charge in [-0.3, -0.25) is 0 Å². The fourth-order valence-corrected chi connectivity index (χ4v) is 2.37. The van der Waals surface area contributed by atoms with Crippen LogP contribution < -0.4 is 0 Å². The van der Waals surface area contributed by atoms with Crippen LogP contribution in [-0.4, -0.2) is 10.2 Å². The Kier molecular flexibility index (Phi) is 5.02. The van der Waals surface area contributed by atoms with Crippen molar-refractivity contribution in [3.8, 4) is 0 Å². The highest BCUT2D eigenvalue weighted by Crippen LogP contribution is 2.28. The fraction of sp³-hybridized carbons (Fsp3) is 0.800. The lowest BCUT2D eigenvalue weighted by atomic mass is 10.1. The minimum absolute atomic E-state index is 0.382. The highest BCUT2D eigenvalue weighted by atomic mass is 79.9. The van der Waals surface area contributed by atoms with Crippen molar-refractivity contribution in [2.45, 2.75) is 44.9 Å². The van der Waals surface area contributed by atoms with Crippen LogP contribution in [0.2, 0.25) is 0 Å². The molecule has 1 heterocycles. The molecular weight excluding hydrogens is 260 g/mol. The lowest BCUT2D eigenvalue weighted by Gasteiger charge is -2.00. The van der Waals surface area contributed by atoms with Crippen molar-refractivity contribution in [1.29, 1.82) is 0 Å².